The molecule has 0 aromatic heterocycles. The van der Waals surface area contributed by atoms with E-state index in [9.17, 15) is 9.59 Å². The first-order chi connectivity index (χ1) is 9.54. The molecule has 2 N–H and O–H groups in total. The molecule has 0 radical (unpaired) electrons. The predicted molar refractivity (Wildman–Crippen MR) is 73.9 cm³/mol. The third-order valence-electron chi connectivity index (χ3n) is 3.68. The molecule has 1 aromatic carbocycles. The van der Waals surface area contributed by atoms with Gasteiger partial charge in [0.05, 0.1) is 18.7 Å². The van der Waals surface area contributed by atoms with E-state index in [1.165, 1.54) is 7.11 Å². The van der Waals surface area contributed by atoms with E-state index in [1.54, 1.807) is 30.0 Å². The maximum Gasteiger partial charge on any atom is 0.322 e. The number of carbonyl (C=O) groups excluding carboxylic acids is 1. The fraction of sp³-hybridized carbons (Fsp3) is 0.429. The highest BCUT2D eigenvalue weighted by molar-refractivity contribution is 5.91. The molecule has 1 fully saturated rings. The first kappa shape index (κ1) is 14.2. The molecule has 2 amide bonds. The first-order valence-corrected chi connectivity index (χ1v) is 6.48. The summed E-state index contributed by atoms with van der Waals surface area (Å²) in [5.41, 5.74) is 0.575. The number of nitrogens with one attached hydrogen (secondary N) is 1. The van der Waals surface area contributed by atoms with Crippen LogP contribution in [0.3, 0.4) is 0 Å². The molecule has 0 aliphatic carbocycles. The van der Waals surface area contributed by atoms with Crippen molar-refractivity contribution in [3.63, 3.8) is 0 Å². The number of anilines is 1. The number of hydrogen-bond acceptors (Lipinski definition) is 3. The SMILES string of the molecule is COc1ccccc1NC(=O)N1CCC(C(=O)O)C1C. The Hall–Kier alpha value is -2.24. The topological polar surface area (TPSA) is 78.9 Å². The molecule has 1 heterocycles. The Morgan fingerprint density at radius 3 is 2.70 bits per heavy atom. The van der Waals surface area contributed by atoms with E-state index in [0.717, 1.165) is 0 Å². The van der Waals surface area contributed by atoms with Crippen molar-refractivity contribution < 1.29 is 19.4 Å². The highest BCUT2D eigenvalue weighted by atomic mass is 16.5. The summed E-state index contributed by atoms with van der Waals surface area (Å²) in [7, 11) is 1.53. The molecule has 6 nitrogen and oxygen atoms in total. The summed E-state index contributed by atoms with van der Waals surface area (Å²) in [6.07, 6.45) is 0.482. The molecule has 2 rings (SSSR count). The van der Waals surface area contributed by atoms with Gasteiger partial charge in [-0.3, -0.25) is 4.79 Å². The summed E-state index contributed by atoms with van der Waals surface area (Å²) in [5, 5.41) is 11.8. The number of ether oxygens (including phenoxy) is 1. The number of benzene rings is 1. The van der Waals surface area contributed by atoms with Crippen LogP contribution in [0.1, 0.15) is 13.3 Å². The summed E-state index contributed by atoms with van der Waals surface area (Å²) in [4.78, 5) is 24.8. The second kappa shape index (κ2) is 5.81. The monoisotopic (exact) mass is 278 g/mol. The van der Waals surface area contributed by atoms with E-state index in [4.69, 9.17) is 9.84 Å². The van der Waals surface area contributed by atoms with Crippen LogP contribution in [0, 0.1) is 5.92 Å². The Kier molecular flexibility index (Phi) is 4.12. The zero-order valence-electron chi connectivity index (χ0n) is 11.5. The van der Waals surface area contributed by atoms with E-state index in [2.05, 4.69) is 5.32 Å². The maximum atomic E-state index is 12.2. The number of rotatable bonds is 3. The second-order valence-electron chi connectivity index (χ2n) is 4.80. The number of carboxylic acids is 1. The van der Waals surface area contributed by atoms with Gasteiger partial charge >= 0.3 is 12.0 Å². The molecule has 2 unspecified atom stereocenters. The quantitative estimate of drug-likeness (QED) is 0.886. The molecule has 20 heavy (non-hydrogen) atoms. The molecular formula is C14H18N2O4. The molecule has 2 atom stereocenters. The molecule has 1 aliphatic rings. The number of aliphatic carboxylic acids is 1. The Bertz CT molecular complexity index is 518. The van der Waals surface area contributed by atoms with Gasteiger partial charge in [-0.2, -0.15) is 0 Å². The molecule has 0 saturated carbocycles. The Morgan fingerprint density at radius 2 is 2.10 bits per heavy atom. The number of para-hydroxylation sites is 2. The van der Waals surface area contributed by atoms with Gasteiger partial charge in [0, 0.05) is 12.6 Å². The van der Waals surface area contributed by atoms with Crippen LogP contribution in [0.15, 0.2) is 24.3 Å². The van der Waals surface area contributed by atoms with Crippen molar-refractivity contribution in [1.29, 1.82) is 0 Å². The van der Waals surface area contributed by atoms with Crippen molar-refractivity contribution in [3.8, 4) is 5.75 Å². The van der Waals surface area contributed by atoms with Crippen LogP contribution in [0.4, 0.5) is 10.5 Å². The van der Waals surface area contributed by atoms with Crippen LogP contribution in [0.25, 0.3) is 0 Å². The van der Waals surface area contributed by atoms with Crippen molar-refractivity contribution in [2.24, 2.45) is 5.92 Å². The number of methoxy groups -OCH3 is 1. The van der Waals surface area contributed by atoms with Gasteiger partial charge in [-0.1, -0.05) is 12.1 Å². The Balaban J connectivity index is 2.08. The van der Waals surface area contributed by atoms with Crippen LogP contribution in [-0.4, -0.2) is 41.7 Å². The number of likely N-dealkylation sites (tertiary alicyclic amines) is 1. The van der Waals surface area contributed by atoms with Gasteiger partial charge in [-0.15, -0.1) is 0 Å². The van der Waals surface area contributed by atoms with Gasteiger partial charge in [-0.05, 0) is 25.5 Å². The van der Waals surface area contributed by atoms with E-state index in [0.29, 0.717) is 24.4 Å². The van der Waals surface area contributed by atoms with Crippen molar-refractivity contribution >= 4 is 17.7 Å². The van der Waals surface area contributed by atoms with E-state index in [1.807, 2.05) is 6.07 Å². The minimum Gasteiger partial charge on any atom is -0.495 e. The highest BCUT2D eigenvalue weighted by Crippen LogP contribution is 2.27. The molecule has 1 aliphatic heterocycles. The molecule has 108 valence electrons. The normalized spacial score (nSPS) is 21.6. The number of urea groups is 1. The maximum absolute atomic E-state index is 12.2. The number of carboxylic acid groups (broad SMARTS) is 1. The van der Waals surface area contributed by atoms with Crippen molar-refractivity contribution in [2.45, 2.75) is 19.4 Å². The fourth-order valence-corrected chi connectivity index (χ4v) is 2.49. The average Bonchev–Trinajstić information content (AvgIpc) is 2.81. The lowest BCUT2D eigenvalue weighted by Crippen LogP contribution is -2.40. The van der Waals surface area contributed by atoms with Crippen LogP contribution in [-0.2, 0) is 4.79 Å². The highest BCUT2D eigenvalue weighted by Gasteiger charge is 2.38. The van der Waals surface area contributed by atoms with Gasteiger partial charge in [0.1, 0.15) is 5.75 Å². The molecule has 1 saturated heterocycles. The molecule has 0 spiro atoms. The van der Waals surface area contributed by atoms with Gasteiger partial charge in [0.15, 0.2) is 0 Å². The summed E-state index contributed by atoms with van der Waals surface area (Å²) in [5.74, 6) is -0.786. The third kappa shape index (κ3) is 2.68. The van der Waals surface area contributed by atoms with Crippen molar-refractivity contribution in [1.82, 2.24) is 4.90 Å². The second-order valence-corrected chi connectivity index (χ2v) is 4.80. The number of hydrogen-bond donors (Lipinski definition) is 2. The zero-order valence-corrected chi connectivity index (χ0v) is 11.5. The third-order valence-corrected chi connectivity index (χ3v) is 3.68. The van der Waals surface area contributed by atoms with Crippen LogP contribution >= 0.6 is 0 Å². The molecule has 1 aromatic rings. The number of nitrogens with zero attached hydrogens (tertiary/aromatic N) is 1. The largest absolute Gasteiger partial charge is 0.495 e. The Labute approximate surface area is 117 Å². The summed E-state index contributed by atoms with van der Waals surface area (Å²) < 4.78 is 5.17. The van der Waals surface area contributed by atoms with E-state index >= 15 is 0 Å². The Morgan fingerprint density at radius 1 is 1.40 bits per heavy atom. The van der Waals surface area contributed by atoms with Crippen LogP contribution < -0.4 is 10.1 Å². The summed E-state index contributed by atoms with van der Waals surface area (Å²) in [6.45, 7) is 2.20. The fourth-order valence-electron chi connectivity index (χ4n) is 2.49. The van der Waals surface area contributed by atoms with Gasteiger partial charge in [0.25, 0.3) is 0 Å². The minimum atomic E-state index is -0.856. The van der Waals surface area contributed by atoms with Crippen molar-refractivity contribution in [2.75, 3.05) is 19.0 Å². The summed E-state index contributed by atoms with van der Waals surface area (Å²) in [6, 6.07) is 6.49. The minimum absolute atomic E-state index is 0.300. The molecule has 0 bridgehead atoms. The molecule has 6 heteroatoms. The summed E-state index contributed by atoms with van der Waals surface area (Å²) >= 11 is 0. The lowest BCUT2D eigenvalue weighted by atomic mass is 10.0. The van der Waals surface area contributed by atoms with E-state index in [-0.39, 0.29) is 12.1 Å². The standard InChI is InChI=1S/C14H18N2O4/c1-9-10(13(17)18)7-8-16(9)14(19)15-11-5-3-4-6-12(11)20-2/h3-6,9-10H,7-8H2,1-2H3,(H,15,19)(H,17,18). The lowest BCUT2D eigenvalue weighted by Gasteiger charge is -2.24. The van der Waals surface area contributed by atoms with Gasteiger partial charge < -0.3 is 20.1 Å². The molecular weight excluding hydrogens is 260 g/mol. The number of carbonyl (C=O) groups is 2. The van der Waals surface area contributed by atoms with Crippen molar-refractivity contribution in [3.05, 3.63) is 24.3 Å². The number of amides is 2. The smallest absolute Gasteiger partial charge is 0.322 e. The first-order valence-electron chi connectivity index (χ1n) is 6.48. The zero-order chi connectivity index (χ0) is 14.7. The average molecular weight is 278 g/mol. The van der Waals surface area contributed by atoms with Crippen LogP contribution in [0.5, 0.6) is 5.75 Å². The van der Waals surface area contributed by atoms with E-state index < -0.39 is 11.9 Å². The van der Waals surface area contributed by atoms with Gasteiger partial charge in [-0.25, -0.2) is 4.79 Å². The van der Waals surface area contributed by atoms with Crippen LogP contribution in [0.2, 0.25) is 0 Å². The predicted octanol–water partition coefficient (Wildman–Crippen LogP) is 2.02. The lowest BCUT2D eigenvalue weighted by molar-refractivity contribution is -0.142. The van der Waals surface area contributed by atoms with Gasteiger partial charge in [0.2, 0.25) is 0 Å².